The molecule has 2 aromatic heterocycles. The molecule has 0 bridgehead atoms. The zero-order valence-corrected chi connectivity index (χ0v) is 29.1. The quantitative estimate of drug-likeness (QED) is 0.217. The Labute approximate surface area is 278 Å². The van der Waals surface area contributed by atoms with Gasteiger partial charge in [-0.3, -0.25) is 14.9 Å². The summed E-state index contributed by atoms with van der Waals surface area (Å²) in [7, 11) is -1.05. The molecule has 11 nitrogen and oxygen atoms in total. The number of anilines is 5. The Morgan fingerprint density at radius 3 is 2.46 bits per heavy atom. The lowest BCUT2D eigenvalue weighted by Crippen LogP contribution is -2.44. The van der Waals surface area contributed by atoms with Crippen LogP contribution in [0.25, 0.3) is 11.0 Å². The standard InChI is InChI=1S/C33H40BrN8O3P/c1-20-13-27(29(44-2)14-28(20)41-11-7-23(8-12-41)42-16-21-18-45-19-22(21)17-42)39-33-37-15-24(34)32(40-33)38-26-6-5-25-30(36-10-9-35-25)31(26)46(3,4)43/h5-6,9-10,13-15,21-23H,7-8,11-12,16-19H2,1-4H3,(H2,37,38,39,40)/t21-,22?/m0/s1. The van der Waals surface area contributed by atoms with Crippen molar-refractivity contribution in [2.75, 3.05) is 75.4 Å². The van der Waals surface area contributed by atoms with Gasteiger partial charge < -0.3 is 29.6 Å². The molecule has 2 atom stereocenters. The average molecular weight is 708 g/mol. The highest BCUT2D eigenvalue weighted by Gasteiger charge is 2.40. The largest absolute Gasteiger partial charge is 0.494 e. The van der Waals surface area contributed by atoms with Gasteiger partial charge in [0.2, 0.25) is 5.95 Å². The van der Waals surface area contributed by atoms with Crippen LogP contribution in [-0.4, -0.2) is 90.7 Å². The molecule has 4 aromatic rings. The van der Waals surface area contributed by atoms with E-state index in [0.29, 0.717) is 44.3 Å². The third-order valence-electron chi connectivity index (χ3n) is 9.50. The molecule has 0 radical (unpaired) electrons. The van der Waals surface area contributed by atoms with Crippen LogP contribution in [0, 0.1) is 18.8 Å². The topological polar surface area (TPSA) is 118 Å². The summed E-state index contributed by atoms with van der Waals surface area (Å²) >= 11 is 3.58. The second-order valence-corrected chi connectivity index (χ2v) is 16.9. The van der Waals surface area contributed by atoms with Crippen LogP contribution in [0.15, 0.2) is 47.3 Å². The van der Waals surface area contributed by atoms with Gasteiger partial charge in [0.25, 0.3) is 0 Å². The van der Waals surface area contributed by atoms with Gasteiger partial charge in [-0.2, -0.15) is 4.98 Å². The normalized spacial score (nSPS) is 20.7. The summed E-state index contributed by atoms with van der Waals surface area (Å²) in [6.45, 7) is 11.9. The number of methoxy groups -OCH3 is 1. The maximum Gasteiger partial charge on any atom is 0.229 e. The van der Waals surface area contributed by atoms with Gasteiger partial charge in [0.05, 0.1) is 47.0 Å². The molecule has 7 rings (SSSR count). The van der Waals surface area contributed by atoms with Gasteiger partial charge in [0.1, 0.15) is 24.2 Å². The van der Waals surface area contributed by atoms with Crippen molar-refractivity contribution in [2.24, 2.45) is 11.8 Å². The number of hydrogen-bond donors (Lipinski definition) is 2. The molecule has 2 N–H and O–H groups in total. The van der Waals surface area contributed by atoms with E-state index in [2.05, 4.69) is 70.4 Å². The van der Waals surface area contributed by atoms with Crippen LogP contribution in [0.5, 0.6) is 5.75 Å². The van der Waals surface area contributed by atoms with Crippen LogP contribution >= 0.6 is 23.1 Å². The van der Waals surface area contributed by atoms with Gasteiger partial charge in [-0.1, -0.05) is 0 Å². The second-order valence-electron chi connectivity index (χ2n) is 12.9. The van der Waals surface area contributed by atoms with E-state index in [1.54, 1.807) is 39.0 Å². The van der Waals surface area contributed by atoms with E-state index in [1.165, 1.54) is 31.6 Å². The van der Waals surface area contributed by atoms with Crippen molar-refractivity contribution >= 4 is 68.2 Å². The third-order valence-corrected chi connectivity index (χ3v) is 11.6. The van der Waals surface area contributed by atoms with Crippen LogP contribution < -0.4 is 25.6 Å². The number of fused-ring (bicyclic) bond motifs is 2. The number of rotatable bonds is 8. The zero-order chi connectivity index (χ0) is 32.0. The summed E-state index contributed by atoms with van der Waals surface area (Å²) in [6, 6.07) is 8.61. The summed E-state index contributed by atoms with van der Waals surface area (Å²) in [4.78, 5) is 23.4. The number of likely N-dealkylation sites (tertiary alicyclic amines) is 1. The van der Waals surface area contributed by atoms with Gasteiger partial charge in [0.15, 0.2) is 0 Å². The lowest BCUT2D eigenvalue weighted by atomic mass is 10.0. The summed E-state index contributed by atoms with van der Waals surface area (Å²) in [5.41, 5.74) is 5.11. The first-order chi connectivity index (χ1) is 22.2. The van der Waals surface area contributed by atoms with Gasteiger partial charge >= 0.3 is 0 Å². The van der Waals surface area contributed by atoms with Gasteiger partial charge in [-0.25, -0.2) is 4.98 Å². The van der Waals surface area contributed by atoms with E-state index in [9.17, 15) is 4.57 Å². The first-order valence-electron chi connectivity index (χ1n) is 15.8. The SMILES string of the molecule is COc1cc(N2CCC(N3CC4COC[C@@H]4C3)CC2)c(C)cc1Nc1ncc(Br)c(Nc2ccc3nccnc3c2P(C)(C)=O)n1. The minimum absolute atomic E-state index is 0.399. The van der Waals surface area contributed by atoms with Crippen molar-refractivity contribution < 1.29 is 14.0 Å². The van der Waals surface area contributed by atoms with Crippen molar-refractivity contribution in [1.82, 2.24) is 24.8 Å². The number of ether oxygens (including phenoxy) is 2. The molecule has 0 amide bonds. The molecule has 3 fully saturated rings. The number of nitrogens with zero attached hydrogens (tertiary/aromatic N) is 6. The van der Waals surface area contributed by atoms with Gasteiger partial charge in [0, 0.05) is 74.4 Å². The zero-order valence-electron chi connectivity index (χ0n) is 26.7. The summed E-state index contributed by atoms with van der Waals surface area (Å²) < 4.78 is 25.6. The molecule has 0 saturated carbocycles. The number of aryl methyl sites for hydroxylation is 1. The van der Waals surface area contributed by atoms with E-state index in [4.69, 9.17) is 14.5 Å². The fourth-order valence-electron chi connectivity index (χ4n) is 7.21. The molecule has 0 aliphatic carbocycles. The predicted molar refractivity (Wildman–Crippen MR) is 187 cm³/mol. The highest BCUT2D eigenvalue weighted by atomic mass is 79.9. The van der Waals surface area contributed by atoms with Crippen molar-refractivity contribution in [3.63, 3.8) is 0 Å². The number of hydrogen-bond acceptors (Lipinski definition) is 11. The molecule has 46 heavy (non-hydrogen) atoms. The van der Waals surface area contributed by atoms with Crippen molar-refractivity contribution in [2.45, 2.75) is 25.8 Å². The van der Waals surface area contributed by atoms with E-state index in [-0.39, 0.29) is 0 Å². The van der Waals surface area contributed by atoms with Crippen LogP contribution in [0.3, 0.4) is 0 Å². The smallest absolute Gasteiger partial charge is 0.229 e. The molecule has 5 heterocycles. The van der Waals surface area contributed by atoms with Crippen molar-refractivity contribution in [3.05, 3.63) is 52.9 Å². The van der Waals surface area contributed by atoms with Crippen molar-refractivity contribution in [1.29, 1.82) is 0 Å². The summed E-state index contributed by atoms with van der Waals surface area (Å²) in [6.07, 6.45) is 7.27. The summed E-state index contributed by atoms with van der Waals surface area (Å²) in [5, 5.41) is 7.36. The van der Waals surface area contributed by atoms with Gasteiger partial charge in [-0.05, 0) is 72.8 Å². The number of nitrogens with one attached hydrogen (secondary N) is 2. The Balaban J connectivity index is 1.08. The minimum Gasteiger partial charge on any atom is -0.494 e. The number of benzene rings is 2. The molecular weight excluding hydrogens is 667 g/mol. The lowest BCUT2D eigenvalue weighted by molar-refractivity contribution is 0.130. The second kappa shape index (κ2) is 12.7. The Bertz CT molecular complexity index is 1800. The molecule has 3 saturated heterocycles. The Hall–Kier alpha value is -3.31. The Morgan fingerprint density at radius 1 is 1.00 bits per heavy atom. The first-order valence-corrected chi connectivity index (χ1v) is 19.2. The first kappa shape index (κ1) is 31.3. The highest BCUT2D eigenvalue weighted by Crippen LogP contribution is 2.42. The molecule has 1 unspecified atom stereocenters. The van der Waals surface area contributed by atoms with E-state index in [0.717, 1.165) is 55.1 Å². The number of piperidine rings is 1. The van der Waals surface area contributed by atoms with E-state index >= 15 is 0 Å². The van der Waals surface area contributed by atoms with Crippen molar-refractivity contribution in [3.8, 4) is 5.75 Å². The number of halogens is 1. The third kappa shape index (κ3) is 6.20. The predicted octanol–water partition coefficient (Wildman–Crippen LogP) is 5.78. The Kier molecular flexibility index (Phi) is 8.65. The van der Waals surface area contributed by atoms with Crippen LogP contribution in [0.1, 0.15) is 18.4 Å². The minimum atomic E-state index is -2.73. The van der Waals surface area contributed by atoms with Crippen LogP contribution in [0.4, 0.5) is 28.8 Å². The molecular formula is C33H40BrN8O3P. The molecule has 0 spiro atoms. The maximum atomic E-state index is 13.4. The maximum absolute atomic E-state index is 13.4. The molecule has 13 heteroatoms. The molecule has 3 aliphatic heterocycles. The van der Waals surface area contributed by atoms with E-state index in [1.807, 2.05) is 12.1 Å². The summed E-state index contributed by atoms with van der Waals surface area (Å²) in [5.74, 6) is 3.10. The highest BCUT2D eigenvalue weighted by molar-refractivity contribution is 9.10. The fourth-order valence-corrected chi connectivity index (χ4v) is 8.89. The van der Waals surface area contributed by atoms with Crippen LogP contribution in [-0.2, 0) is 9.30 Å². The van der Waals surface area contributed by atoms with Gasteiger partial charge in [-0.15, -0.1) is 0 Å². The molecule has 242 valence electrons. The fraction of sp³-hybridized carbons (Fsp3) is 0.455. The Morgan fingerprint density at radius 2 is 1.74 bits per heavy atom. The lowest BCUT2D eigenvalue weighted by Gasteiger charge is -2.39. The van der Waals surface area contributed by atoms with E-state index < -0.39 is 7.14 Å². The average Bonchev–Trinajstić information content (AvgIpc) is 3.65. The van der Waals surface area contributed by atoms with Crippen LogP contribution in [0.2, 0.25) is 0 Å². The monoisotopic (exact) mass is 706 g/mol. The molecule has 3 aliphatic rings. The number of aromatic nitrogens is 4. The molecule has 2 aromatic carbocycles.